The van der Waals surface area contributed by atoms with Crippen LogP contribution in [0.25, 0.3) is 11.1 Å². The number of ether oxygens (including phenoxy) is 4. The third-order valence-electron chi connectivity index (χ3n) is 6.79. The summed E-state index contributed by atoms with van der Waals surface area (Å²) in [7, 11) is 0. The largest absolute Gasteiger partial charge is 0.491 e. The highest BCUT2D eigenvalue weighted by Crippen LogP contribution is 2.22. The second kappa shape index (κ2) is 18.7. The Morgan fingerprint density at radius 2 is 1.19 bits per heavy atom. The predicted octanol–water partition coefficient (Wildman–Crippen LogP) is 7.93. The lowest BCUT2D eigenvalue weighted by Gasteiger charge is -2.17. The topological polar surface area (TPSA) is 91.3 Å². The van der Waals surface area contributed by atoms with Crippen molar-refractivity contribution in [1.82, 2.24) is 0 Å². The van der Waals surface area contributed by atoms with E-state index in [1.165, 1.54) is 35.4 Å². The Hall–Kier alpha value is -3.68. The van der Waals surface area contributed by atoms with E-state index in [-0.39, 0.29) is 11.7 Å². The normalized spacial score (nSPS) is 13.6. The summed E-state index contributed by atoms with van der Waals surface area (Å²) in [5.41, 5.74) is 2.57. The van der Waals surface area contributed by atoms with Gasteiger partial charge in [0.15, 0.2) is 6.10 Å². The second-order valence-corrected chi connectivity index (χ2v) is 10.6. The molecule has 0 heterocycles. The van der Waals surface area contributed by atoms with Crippen LogP contribution in [0.15, 0.2) is 78.9 Å². The van der Waals surface area contributed by atoms with Crippen molar-refractivity contribution in [3.05, 3.63) is 84.4 Å². The van der Waals surface area contributed by atoms with Gasteiger partial charge < -0.3 is 24.1 Å². The quantitative estimate of drug-likeness (QED) is 0.145. The van der Waals surface area contributed by atoms with Gasteiger partial charge in [-0.2, -0.15) is 0 Å². The number of carboxylic acids is 1. The smallest absolute Gasteiger partial charge is 0.340 e. The highest BCUT2D eigenvalue weighted by molar-refractivity contribution is 5.87. The molecule has 0 saturated carbocycles. The van der Waals surface area contributed by atoms with Gasteiger partial charge in [0, 0.05) is 6.61 Å². The van der Waals surface area contributed by atoms with Gasteiger partial charge in [-0.25, -0.2) is 9.59 Å². The van der Waals surface area contributed by atoms with E-state index in [9.17, 15) is 9.59 Å². The van der Waals surface area contributed by atoms with Crippen LogP contribution >= 0.6 is 0 Å². The van der Waals surface area contributed by atoms with Crippen LogP contribution in [0, 0.1) is 11.8 Å². The summed E-state index contributed by atoms with van der Waals surface area (Å²) in [6.07, 6.45) is 1.60. The molecule has 228 valence electrons. The van der Waals surface area contributed by atoms with Crippen molar-refractivity contribution in [1.29, 1.82) is 0 Å². The molecule has 0 fully saturated rings. The molecule has 1 N–H and O–H groups in total. The van der Waals surface area contributed by atoms with E-state index in [4.69, 9.17) is 24.1 Å². The zero-order chi connectivity index (χ0) is 30.9. The summed E-state index contributed by atoms with van der Waals surface area (Å²) in [5, 5.41) is 8.76. The maximum Gasteiger partial charge on any atom is 0.340 e. The molecule has 3 aromatic carbocycles. The molecule has 0 unspecified atom stereocenters. The number of carboxylic acid groups (broad SMARTS) is 1. The van der Waals surface area contributed by atoms with Gasteiger partial charge in [-0.15, -0.1) is 0 Å². The first-order valence-electron chi connectivity index (χ1n) is 14.7. The van der Waals surface area contributed by atoms with Gasteiger partial charge in [-0.3, -0.25) is 0 Å². The summed E-state index contributed by atoms with van der Waals surface area (Å²) < 4.78 is 22.1. The van der Waals surface area contributed by atoms with E-state index in [0.717, 1.165) is 25.2 Å². The fraction of sp³-hybridized carbons (Fsp3) is 0.429. The number of benzene rings is 3. The first kappa shape index (κ1) is 34.5. The number of carbonyl (C=O) groups excluding carboxylic acids is 1. The van der Waals surface area contributed by atoms with Gasteiger partial charge in [0.1, 0.15) is 18.1 Å². The minimum Gasteiger partial charge on any atom is -0.491 e. The van der Waals surface area contributed by atoms with Crippen LogP contribution in [-0.4, -0.2) is 49.1 Å². The molecule has 0 bridgehead atoms. The average molecular weight is 579 g/mol. The summed E-state index contributed by atoms with van der Waals surface area (Å²) in [6, 6.07) is 24.2. The zero-order valence-corrected chi connectivity index (χ0v) is 25.7. The molecule has 7 heteroatoms. The van der Waals surface area contributed by atoms with E-state index in [0.29, 0.717) is 30.8 Å². The van der Waals surface area contributed by atoms with Crippen LogP contribution in [0.3, 0.4) is 0 Å². The van der Waals surface area contributed by atoms with E-state index < -0.39 is 18.0 Å². The molecule has 0 radical (unpaired) electrons. The Morgan fingerprint density at radius 1 is 0.667 bits per heavy atom. The monoisotopic (exact) mass is 578 g/mol. The first-order valence-corrected chi connectivity index (χ1v) is 14.7. The minimum absolute atomic E-state index is 0.114. The van der Waals surface area contributed by atoms with Gasteiger partial charge in [-0.1, -0.05) is 83.0 Å². The van der Waals surface area contributed by atoms with Crippen molar-refractivity contribution in [3.8, 4) is 22.6 Å². The molecule has 0 aliphatic heterocycles. The summed E-state index contributed by atoms with van der Waals surface area (Å²) in [5.74, 6) is 0.676. The molecule has 0 aliphatic carbocycles. The van der Waals surface area contributed by atoms with E-state index in [2.05, 4.69) is 64.1 Å². The van der Waals surface area contributed by atoms with Crippen molar-refractivity contribution < 1.29 is 33.6 Å². The number of aromatic carboxylic acids is 1. The van der Waals surface area contributed by atoms with Gasteiger partial charge in [0.05, 0.1) is 18.3 Å². The fourth-order valence-electron chi connectivity index (χ4n) is 3.44. The number of rotatable bonds is 15. The standard InChI is InChI=1S/C20H26O2.C15H20O5/c1-4-16(2)14-21-17(3)15-22-20-12-10-19(11-13-20)18-8-6-5-7-9-18;1-4-10(2)9-19-11(3)15(18)20-13-7-5-12(6-8-13)14(16)17/h5-13,16-17H,4,14-15H2,1-3H3;5-8,10-11H,4,9H2,1-3H3,(H,16,17)/t16-,17-;10-,11-/m00/s1. The van der Waals surface area contributed by atoms with Crippen molar-refractivity contribution >= 4 is 11.9 Å². The Morgan fingerprint density at radius 3 is 1.74 bits per heavy atom. The second-order valence-electron chi connectivity index (χ2n) is 10.6. The van der Waals surface area contributed by atoms with Crippen LogP contribution in [0.4, 0.5) is 0 Å². The van der Waals surface area contributed by atoms with Crippen molar-refractivity contribution in [2.75, 3.05) is 19.8 Å². The number of carbonyl (C=O) groups is 2. The molecule has 3 rings (SSSR count). The molecule has 0 amide bonds. The number of esters is 1. The summed E-state index contributed by atoms with van der Waals surface area (Å²) in [4.78, 5) is 22.5. The number of hydrogen-bond donors (Lipinski definition) is 1. The lowest BCUT2D eigenvalue weighted by molar-refractivity contribution is -0.146. The zero-order valence-electron chi connectivity index (χ0n) is 25.7. The molecule has 0 saturated heterocycles. The highest BCUT2D eigenvalue weighted by Gasteiger charge is 2.17. The lowest BCUT2D eigenvalue weighted by atomic mass is 10.1. The molecule has 0 aliphatic rings. The Labute approximate surface area is 250 Å². The Balaban J connectivity index is 0.000000295. The predicted molar refractivity (Wildman–Crippen MR) is 166 cm³/mol. The van der Waals surface area contributed by atoms with Gasteiger partial charge >= 0.3 is 11.9 Å². The van der Waals surface area contributed by atoms with Crippen LogP contribution in [-0.2, 0) is 14.3 Å². The summed E-state index contributed by atoms with van der Waals surface area (Å²) >= 11 is 0. The average Bonchev–Trinajstić information content (AvgIpc) is 3.02. The van der Waals surface area contributed by atoms with Crippen LogP contribution in [0.1, 0.15) is 64.7 Å². The van der Waals surface area contributed by atoms with Crippen LogP contribution in [0.2, 0.25) is 0 Å². The van der Waals surface area contributed by atoms with Crippen molar-refractivity contribution in [2.45, 2.75) is 66.6 Å². The van der Waals surface area contributed by atoms with E-state index >= 15 is 0 Å². The third kappa shape index (κ3) is 12.9. The van der Waals surface area contributed by atoms with E-state index in [1.54, 1.807) is 6.92 Å². The third-order valence-corrected chi connectivity index (χ3v) is 6.79. The Bertz CT molecular complexity index is 1180. The molecular formula is C35H46O7. The fourth-order valence-corrected chi connectivity index (χ4v) is 3.44. The maximum absolute atomic E-state index is 11.8. The minimum atomic E-state index is -1.02. The molecule has 7 nitrogen and oxygen atoms in total. The van der Waals surface area contributed by atoms with Gasteiger partial charge in [0.2, 0.25) is 0 Å². The maximum atomic E-state index is 11.8. The molecule has 42 heavy (non-hydrogen) atoms. The van der Waals surface area contributed by atoms with Gasteiger partial charge in [-0.05, 0) is 73.2 Å². The summed E-state index contributed by atoms with van der Waals surface area (Å²) in [6.45, 7) is 14.1. The van der Waals surface area contributed by atoms with E-state index in [1.807, 2.05) is 25.1 Å². The SMILES string of the molecule is CC[C@H](C)CO[C@@H](C)C(=O)Oc1ccc(C(=O)O)cc1.CC[C@H](C)CO[C@@H](C)COc1ccc(-c2ccccc2)cc1. The first-order chi connectivity index (χ1) is 20.1. The van der Waals surface area contributed by atoms with Crippen molar-refractivity contribution in [2.24, 2.45) is 11.8 Å². The highest BCUT2D eigenvalue weighted by atomic mass is 16.6. The lowest BCUT2D eigenvalue weighted by Crippen LogP contribution is -2.27. The molecule has 0 aromatic heterocycles. The Kier molecular flexibility index (Phi) is 15.4. The van der Waals surface area contributed by atoms with Gasteiger partial charge in [0.25, 0.3) is 0 Å². The molecule has 3 aromatic rings. The molecule has 4 atom stereocenters. The molecule has 0 spiro atoms. The van der Waals surface area contributed by atoms with Crippen LogP contribution < -0.4 is 9.47 Å². The van der Waals surface area contributed by atoms with Crippen LogP contribution in [0.5, 0.6) is 11.5 Å². The van der Waals surface area contributed by atoms with Crippen molar-refractivity contribution in [3.63, 3.8) is 0 Å². The number of hydrogen-bond acceptors (Lipinski definition) is 6. The molecular weight excluding hydrogens is 532 g/mol.